The molecule has 3 aliphatic rings. The quantitative estimate of drug-likeness (QED) is 0.165. The molecule has 54 heavy (non-hydrogen) atoms. The highest BCUT2D eigenvalue weighted by Crippen LogP contribution is 2.61. The van der Waals surface area contributed by atoms with E-state index in [1.807, 2.05) is 11.8 Å². The zero-order valence-corrected chi connectivity index (χ0v) is 30.2. The van der Waals surface area contributed by atoms with E-state index in [1.54, 1.807) is 0 Å². The summed E-state index contributed by atoms with van der Waals surface area (Å²) >= 11 is 1.92. The molecule has 1 unspecified atom stereocenters. The van der Waals surface area contributed by atoms with Gasteiger partial charge in [0.2, 0.25) is 0 Å². The fourth-order valence-electron chi connectivity index (χ4n) is 10.5. The SMILES string of the molecule is c1ccc2c(c1)CCc1ccc(-n3c4ccccc4c4cc5c(cc43)Sc3ccccc3C53c4ccccc4-n4c5ccccc5c5cccc3c54)cc1-2. The standard InChI is InChI=1S/C51H32N2S/c1-2-13-34-31(12-1)24-25-32-26-27-33(28-38(32)34)52-44-20-7-4-15-36(44)39-29-43-49(30-47(39)52)54-48-23-10-6-18-41(48)51(43)40-17-5-9-22-46(40)53-45-21-8-3-14-35(45)37-16-11-19-42(51)50(37)53/h1-23,26-30H,24-25H2. The van der Waals surface area contributed by atoms with Crippen LogP contribution < -0.4 is 0 Å². The number of rotatable bonds is 1. The van der Waals surface area contributed by atoms with Crippen molar-refractivity contribution in [2.75, 3.05) is 0 Å². The van der Waals surface area contributed by atoms with Crippen molar-refractivity contribution in [3.63, 3.8) is 0 Å². The molecule has 0 radical (unpaired) electrons. The molecule has 0 fully saturated rings. The molecule has 0 saturated carbocycles. The summed E-state index contributed by atoms with van der Waals surface area (Å²) in [6.45, 7) is 0. The van der Waals surface area contributed by atoms with Crippen LogP contribution >= 0.6 is 11.8 Å². The predicted octanol–water partition coefficient (Wildman–Crippen LogP) is 12.8. The van der Waals surface area contributed by atoms with Crippen LogP contribution in [0, 0.1) is 0 Å². The van der Waals surface area contributed by atoms with Crippen LogP contribution in [0.4, 0.5) is 0 Å². The summed E-state index contributed by atoms with van der Waals surface area (Å²) in [5, 5.41) is 5.17. The van der Waals surface area contributed by atoms with Gasteiger partial charge in [-0.15, -0.1) is 0 Å². The molecule has 4 heterocycles. The van der Waals surface area contributed by atoms with Crippen LogP contribution in [0.3, 0.4) is 0 Å². The zero-order valence-electron chi connectivity index (χ0n) is 29.4. The van der Waals surface area contributed by atoms with E-state index >= 15 is 0 Å². The lowest BCUT2D eigenvalue weighted by molar-refractivity contribution is 0.691. The lowest BCUT2D eigenvalue weighted by Gasteiger charge is -2.45. The van der Waals surface area contributed by atoms with E-state index in [2.05, 4.69) is 179 Å². The summed E-state index contributed by atoms with van der Waals surface area (Å²) in [5.74, 6) is 0. The van der Waals surface area contributed by atoms with Gasteiger partial charge in [0, 0.05) is 37.0 Å². The summed E-state index contributed by atoms with van der Waals surface area (Å²) in [6.07, 6.45) is 2.18. The lowest BCUT2D eigenvalue weighted by Crippen LogP contribution is -2.37. The van der Waals surface area contributed by atoms with Crippen molar-refractivity contribution in [3.8, 4) is 22.5 Å². The fraction of sp³-hybridized carbons (Fsp3) is 0.0588. The second kappa shape index (κ2) is 10.4. The second-order valence-electron chi connectivity index (χ2n) is 15.1. The molecular formula is C51H32N2S. The molecule has 3 heteroatoms. The Morgan fingerprint density at radius 1 is 0.407 bits per heavy atom. The summed E-state index contributed by atoms with van der Waals surface area (Å²) in [4.78, 5) is 2.62. The number of hydrogen-bond acceptors (Lipinski definition) is 1. The Hall–Kier alpha value is -6.29. The number of para-hydroxylation sites is 4. The summed E-state index contributed by atoms with van der Waals surface area (Å²) in [5.41, 5.74) is 18.0. The van der Waals surface area contributed by atoms with Crippen molar-refractivity contribution >= 4 is 55.4 Å². The molecule has 2 aliphatic heterocycles. The number of benzene rings is 8. The summed E-state index contributed by atoms with van der Waals surface area (Å²) in [6, 6.07) is 64.4. The molecule has 0 bridgehead atoms. The number of aryl methyl sites for hydroxylation is 2. The van der Waals surface area contributed by atoms with Gasteiger partial charge in [-0.2, -0.15) is 0 Å². The minimum Gasteiger partial charge on any atom is -0.309 e. The smallest absolute Gasteiger partial charge is 0.0764 e. The topological polar surface area (TPSA) is 9.86 Å². The number of aromatic nitrogens is 2. The maximum Gasteiger partial charge on any atom is 0.0764 e. The van der Waals surface area contributed by atoms with E-state index in [-0.39, 0.29) is 0 Å². The Balaban J connectivity index is 1.16. The van der Waals surface area contributed by atoms with Crippen LogP contribution in [0.5, 0.6) is 0 Å². The molecule has 1 atom stereocenters. The molecule has 0 saturated heterocycles. The Bertz CT molecular complexity index is 3270. The summed E-state index contributed by atoms with van der Waals surface area (Å²) < 4.78 is 5.05. The van der Waals surface area contributed by atoms with Crippen molar-refractivity contribution in [1.82, 2.24) is 9.13 Å². The average molecular weight is 705 g/mol. The van der Waals surface area contributed by atoms with Gasteiger partial charge in [0.15, 0.2) is 0 Å². The van der Waals surface area contributed by atoms with Crippen LogP contribution in [0.15, 0.2) is 180 Å². The second-order valence-corrected chi connectivity index (χ2v) is 16.2. The first kappa shape index (κ1) is 29.2. The summed E-state index contributed by atoms with van der Waals surface area (Å²) in [7, 11) is 0. The van der Waals surface area contributed by atoms with Crippen molar-refractivity contribution in [2.24, 2.45) is 0 Å². The van der Waals surface area contributed by atoms with Gasteiger partial charge in [-0.25, -0.2) is 0 Å². The van der Waals surface area contributed by atoms with E-state index in [0.717, 1.165) is 12.8 Å². The molecule has 0 amide bonds. The van der Waals surface area contributed by atoms with Gasteiger partial charge in [0.25, 0.3) is 0 Å². The minimum atomic E-state index is -0.509. The fourth-order valence-corrected chi connectivity index (χ4v) is 11.7. The van der Waals surface area contributed by atoms with Crippen LogP contribution in [-0.2, 0) is 18.3 Å². The normalized spacial score (nSPS) is 16.4. The number of nitrogens with zero attached hydrogens (tertiary/aromatic N) is 2. The highest BCUT2D eigenvalue weighted by molar-refractivity contribution is 7.99. The molecule has 13 rings (SSSR count). The Kier molecular flexibility index (Phi) is 5.64. The third-order valence-corrected chi connectivity index (χ3v) is 13.8. The monoisotopic (exact) mass is 704 g/mol. The van der Waals surface area contributed by atoms with Crippen LogP contribution in [0.1, 0.15) is 33.4 Å². The van der Waals surface area contributed by atoms with Crippen LogP contribution in [0.25, 0.3) is 66.1 Å². The predicted molar refractivity (Wildman–Crippen MR) is 224 cm³/mol. The van der Waals surface area contributed by atoms with Gasteiger partial charge in [-0.05, 0) is 106 Å². The maximum atomic E-state index is 2.56. The van der Waals surface area contributed by atoms with Crippen molar-refractivity contribution in [2.45, 2.75) is 28.0 Å². The highest BCUT2D eigenvalue weighted by Gasteiger charge is 2.49. The molecular weight excluding hydrogens is 673 g/mol. The van der Waals surface area contributed by atoms with Crippen molar-refractivity contribution < 1.29 is 0 Å². The van der Waals surface area contributed by atoms with Gasteiger partial charge in [0.05, 0.1) is 33.2 Å². The third-order valence-electron chi connectivity index (χ3n) is 12.7. The van der Waals surface area contributed by atoms with Crippen LogP contribution in [-0.4, -0.2) is 9.13 Å². The van der Waals surface area contributed by atoms with E-state index in [9.17, 15) is 0 Å². The van der Waals surface area contributed by atoms with Crippen molar-refractivity contribution in [1.29, 1.82) is 0 Å². The first-order valence-electron chi connectivity index (χ1n) is 19.0. The molecule has 1 aliphatic carbocycles. The minimum absolute atomic E-state index is 0.509. The third kappa shape index (κ3) is 3.54. The Morgan fingerprint density at radius 2 is 1.07 bits per heavy atom. The largest absolute Gasteiger partial charge is 0.309 e. The van der Waals surface area contributed by atoms with E-state index in [1.165, 1.54) is 109 Å². The van der Waals surface area contributed by atoms with Crippen molar-refractivity contribution in [3.05, 3.63) is 203 Å². The molecule has 2 aromatic heterocycles. The Labute approximate surface area is 316 Å². The number of hydrogen-bond donors (Lipinski definition) is 0. The number of fused-ring (bicyclic) bond motifs is 17. The highest BCUT2D eigenvalue weighted by atomic mass is 32.2. The molecule has 10 aromatic rings. The van der Waals surface area contributed by atoms with E-state index < -0.39 is 5.41 Å². The zero-order chi connectivity index (χ0) is 35.1. The van der Waals surface area contributed by atoms with E-state index in [4.69, 9.17) is 0 Å². The lowest BCUT2D eigenvalue weighted by atomic mass is 9.62. The first-order chi connectivity index (χ1) is 26.8. The first-order valence-corrected chi connectivity index (χ1v) is 19.8. The molecule has 2 nitrogen and oxygen atoms in total. The molecule has 8 aromatic carbocycles. The van der Waals surface area contributed by atoms with Crippen LogP contribution in [0.2, 0.25) is 0 Å². The van der Waals surface area contributed by atoms with Gasteiger partial charge < -0.3 is 9.13 Å². The molecule has 0 N–H and O–H groups in total. The van der Waals surface area contributed by atoms with Gasteiger partial charge in [-0.1, -0.05) is 133 Å². The van der Waals surface area contributed by atoms with Gasteiger partial charge >= 0.3 is 0 Å². The molecule has 1 spiro atoms. The molecule has 252 valence electrons. The van der Waals surface area contributed by atoms with Gasteiger partial charge in [0.1, 0.15) is 0 Å². The van der Waals surface area contributed by atoms with Gasteiger partial charge in [-0.3, -0.25) is 0 Å². The van der Waals surface area contributed by atoms with E-state index in [0.29, 0.717) is 0 Å². The maximum absolute atomic E-state index is 2.56. The Morgan fingerprint density at radius 3 is 1.96 bits per heavy atom. The average Bonchev–Trinajstić information content (AvgIpc) is 3.74.